The summed E-state index contributed by atoms with van der Waals surface area (Å²) in [5.41, 5.74) is 1.69. The Morgan fingerprint density at radius 1 is 0.850 bits per heavy atom. The number of hydrogen-bond donors (Lipinski definition) is 0. The average molecular weight is 554 g/mol. The van der Waals surface area contributed by atoms with Gasteiger partial charge in [0.25, 0.3) is 8.32 Å². The fourth-order valence-electron chi connectivity index (χ4n) is 5.84. The van der Waals surface area contributed by atoms with Crippen LogP contribution in [0.3, 0.4) is 0 Å². The van der Waals surface area contributed by atoms with E-state index in [1.54, 1.807) is 6.07 Å². The molecule has 0 radical (unpaired) electrons. The first-order valence-electron chi connectivity index (χ1n) is 14.1. The van der Waals surface area contributed by atoms with Crippen molar-refractivity contribution >= 4 is 18.7 Å². The highest BCUT2D eigenvalue weighted by atomic mass is 28.4. The molecule has 0 amide bonds. The first-order chi connectivity index (χ1) is 19.3. The molecule has 4 aromatic rings. The summed E-state index contributed by atoms with van der Waals surface area (Å²) in [5, 5.41) is 2.44. The highest BCUT2D eigenvalue weighted by molar-refractivity contribution is 6.99. The predicted molar refractivity (Wildman–Crippen MR) is 163 cm³/mol. The SMILES string of the molecule is Cc1c(OCc2ccccc2)c(=O)ccn1[C@@H]1CC[C@H](CO[Si](c2ccccc2)(c2ccccc2)C(C)(C)C)O1. The van der Waals surface area contributed by atoms with Gasteiger partial charge in [-0.1, -0.05) is 112 Å². The average Bonchev–Trinajstić information content (AvgIpc) is 3.43. The van der Waals surface area contributed by atoms with E-state index in [2.05, 4.69) is 81.4 Å². The number of benzene rings is 3. The van der Waals surface area contributed by atoms with E-state index in [0.717, 1.165) is 24.1 Å². The normalized spacial score (nSPS) is 17.6. The van der Waals surface area contributed by atoms with Crippen LogP contribution in [-0.2, 0) is 15.8 Å². The second-order valence-electron chi connectivity index (χ2n) is 11.5. The molecule has 3 aromatic carbocycles. The van der Waals surface area contributed by atoms with Gasteiger partial charge in [-0.3, -0.25) is 4.79 Å². The maximum atomic E-state index is 12.7. The Balaban J connectivity index is 1.35. The fraction of sp³-hybridized carbons (Fsp3) is 0.324. The van der Waals surface area contributed by atoms with Crippen molar-refractivity contribution in [3.8, 4) is 5.75 Å². The summed E-state index contributed by atoms with van der Waals surface area (Å²) in [6.07, 6.45) is 3.33. The summed E-state index contributed by atoms with van der Waals surface area (Å²) in [6, 6.07) is 32.9. The molecular formula is C34H39NO4Si. The molecule has 2 atom stereocenters. The van der Waals surface area contributed by atoms with Gasteiger partial charge in [0.05, 0.1) is 18.4 Å². The minimum absolute atomic E-state index is 0.0424. The van der Waals surface area contributed by atoms with Crippen molar-refractivity contribution in [3.05, 3.63) is 125 Å². The van der Waals surface area contributed by atoms with Crippen LogP contribution >= 0.6 is 0 Å². The van der Waals surface area contributed by atoms with E-state index < -0.39 is 8.32 Å². The van der Waals surface area contributed by atoms with E-state index in [9.17, 15) is 4.79 Å². The third kappa shape index (κ3) is 5.71. The predicted octanol–water partition coefficient (Wildman–Crippen LogP) is 5.99. The van der Waals surface area contributed by atoms with E-state index in [1.807, 2.05) is 48.0 Å². The minimum Gasteiger partial charge on any atom is -0.483 e. The van der Waals surface area contributed by atoms with Crippen LogP contribution in [0.4, 0.5) is 0 Å². The molecule has 0 N–H and O–H groups in total. The molecule has 208 valence electrons. The highest BCUT2D eigenvalue weighted by Gasteiger charge is 2.50. The largest absolute Gasteiger partial charge is 0.483 e. The lowest BCUT2D eigenvalue weighted by Gasteiger charge is -2.43. The monoisotopic (exact) mass is 553 g/mol. The van der Waals surface area contributed by atoms with Gasteiger partial charge in [0.15, 0.2) is 5.75 Å². The highest BCUT2D eigenvalue weighted by Crippen LogP contribution is 2.38. The first-order valence-corrected chi connectivity index (χ1v) is 16.0. The van der Waals surface area contributed by atoms with Gasteiger partial charge < -0.3 is 18.5 Å². The van der Waals surface area contributed by atoms with Crippen LogP contribution < -0.4 is 20.5 Å². The Morgan fingerprint density at radius 2 is 1.43 bits per heavy atom. The molecule has 0 spiro atoms. The zero-order valence-corrected chi connectivity index (χ0v) is 24.9. The van der Waals surface area contributed by atoms with Crippen molar-refractivity contribution in [1.29, 1.82) is 0 Å². The maximum absolute atomic E-state index is 12.7. The number of aromatic nitrogens is 1. The van der Waals surface area contributed by atoms with Crippen LogP contribution in [0.1, 0.15) is 51.1 Å². The zero-order valence-electron chi connectivity index (χ0n) is 23.9. The molecule has 1 aliphatic rings. The second kappa shape index (κ2) is 12.0. The fourth-order valence-corrected chi connectivity index (χ4v) is 10.4. The lowest BCUT2D eigenvalue weighted by atomic mass is 10.2. The van der Waals surface area contributed by atoms with Gasteiger partial charge in [-0.2, -0.15) is 0 Å². The molecular weight excluding hydrogens is 514 g/mol. The Labute approximate surface area is 238 Å². The number of nitrogens with zero attached hydrogens (tertiary/aromatic N) is 1. The van der Waals surface area contributed by atoms with E-state index in [1.165, 1.54) is 10.4 Å². The van der Waals surface area contributed by atoms with Gasteiger partial charge in [0.2, 0.25) is 5.43 Å². The second-order valence-corrected chi connectivity index (χ2v) is 15.8. The van der Waals surface area contributed by atoms with Crippen molar-refractivity contribution in [2.45, 2.75) is 64.5 Å². The van der Waals surface area contributed by atoms with Gasteiger partial charge in [0.1, 0.15) is 12.8 Å². The van der Waals surface area contributed by atoms with Gasteiger partial charge >= 0.3 is 0 Å². The van der Waals surface area contributed by atoms with Crippen molar-refractivity contribution in [1.82, 2.24) is 4.57 Å². The molecule has 1 saturated heterocycles. The standard InChI is InChI=1S/C34H39NO4Si/c1-26-33(37-24-27-14-8-5-9-15-27)31(36)22-23-35(26)32-21-20-28(39-32)25-38-40(34(2,3)4,29-16-10-6-11-17-29)30-18-12-7-13-19-30/h5-19,22-23,28,32H,20-21,24-25H2,1-4H3/t28-,32+/m1/s1. The lowest BCUT2D eigenvalue weighted by Crippen LogP contribution is -2.67. The van der Waals surface area contributed by atoms with Crippen molar-refractivity contribution < 1.29 is 13.9 Å². The topological polar surface area (TPSA) is 49.7 Å². The van der Waals surface area contributed by atoms with E-state index in [0.29, 0.717) is 19.0 Å². The van der Waals surface area contributed by atoms with Crippen LogP contribution in [0.5, 0.6) is 5.75 Å². The van der Waals surface area contributed by atoms with Crippen molar-refractivity contribution in [2.75, 3.05) is 6.61 Å². The molecule has 40 heavy (non-hydrogen) atoms. The summed E-state index contributed by atoms with van der Waals surface area (Å²) in [5.74, 6) is 0.377. The van der Waals surface area contributed by atoms with Gasteiger partial charge in [-0.15, -0.1) is 0 Å². The Bertz CT molecular complexity index is 1410. The zero-order chi connectivity index (χ0) is 28.2. The third-order valence-corrected chi connectivity index (χ3v) is 12.9. The summed E-state index contributed by atoms with van der Waals surface area (Å²) >= 11 is 0. The quantitative estimate of drug-likeness (QED) is 0.239. The maximum Gasteiger partial charge on any atom is 0.261 e. The number of hydrogen-bond acceptors (Lipinski definition) is 4. The number of ether oxygens (including phenoxy) is 2. The first kappa shape index (κ1) is 28.1. The van der Waals surface area contributed by atoms with Crippen LogP contribution in [-0.4, -0.2) is 25.6 Å². The molecule has 2 heterocycles. The van der Waals surface area contributed by atoms with Crippen LogP contribution in [0.15, 0.2) is 108 Å². The lowest BCUT2D eigenvalue weighted by molar-refractivity contribution is -0.0207. The number of pyridine rings is 1. The molecule has 0 aliphatic carbocycles. The minimum atomic E-state index is -2.64. The summed E-state index contributed by atoms with van der Waals surface area (Å²) in [6.45, 7) is 9.66. The molecule has 6 heteroatoms. The Kier molecular flexibility index (Phi) is 8.40. The van der Waals surface area contributed by atoms with Crippen LogP contribution in [0, 0.1) is 6.92 Å². The Hall–Kier alpha value is -3.45. The van der Waals surface area contributed by atoms with Gasteiger partial charge in [-0.25, -0.2) is 0 Å². The molecule has 1 aliphatic heterocycles. The summed E-state index contributed by atoms with van der Waals surface area (Å²) < 4.78 is 21.7. The Morgan fingerprint density at radius 3 is 2.00 bits per heavy atom. The summed E-state index contributed by atoms with van der Waals surface area (Å²) in [4.78, 5) is 12.7. The molecule has 0 saturated carbocycles. The van der Waals surface area contributed by atoms with E-state index in [-0.39, 0.29) is 22.8 Å². The van der Waals surface area contributed by atoms with Gasteiger partial charge in [-0.05, 0) is 40.7 Å². The molecule has 1 fully saturated rings. The van der Waals surface area contributed by atoms with E-state index in [4.69, 9.17) is 13.9 Å². The summed E-state index contributed by atoms with van der Waals surface area (Å²) in [7, 11) is -2.64. The third-order valence-electron chi connectivity index (χ3n) is 7.85. The molecule has 5 nitrogen and oxygen atoms in total. The van der Waals surface area contributed by atoms with Crippen LogP contribution in [0.25, 0.3) is 0 Å². The molecule has 5 rings (SSSR count). The molecule has 0 unspecified atom stereocenters. The molecule has 0 bridgehead atoms. The van der Waals surface area contributed by atoms with Gasteiger partial charge in [0, 0.05) is 12.3 Å². The van der Waals surface area contributed by atoms with Crippen LogP contribution in [0.2, 0.25) is 5.04 Å². The van der Waals surface area contributed by atoms with Crippen molar-refractivity contribution in [2.24, 2.45) is 0 Å². The number of rotatable bonds is 9. The smallest absolute Gasteiger partial charge is 0.261 e. The molecule has 1 aromatic heterocycles. The van der Waals surface area contributed by atoms with Crippen molar-refractivity contribution in [3.63, 3.8) is 0 Å². The van der Waals surface area contributed by atoms with E-state index >= 15 is 0 Å².